The van der Waals surface area contributed by atoms with E-state index in [-0.39, 0.29) is 11.7 Å². The second-order valence-corrected chi connectivity index (χ2v) is 9.14. The van der Waals surface area contributed by atoms with Crippen LogP contribution in [0.1, 0.15) is 31.8 Å². The minimum atomic E-state index is -0.694. The summed E-state index contributed by atoms with van der Waals surface area (Å²) in [6.07, 6.45) is 3.67. The largest absolute Gasteiger partial charge is 0.489 e. The molecular formula is C30H21ClN2O3. The molecule has 1 amide bonds. The maximum absolute atomic E-state index is 13.8. The van der Waals surface area contributed by atoms with Crippen molar-refractivity contribution in [2.75, 3.05) is 10.2 Å². The van der Waals surface area contributed by atoms with Crippen LogP contribution in [0.2, 0.25) is 5.02 Å². The van der Waals surface area contributed by atoms with Gasteiger partial charge in [-0.15, -0.1) is 0 Å². The molecule has 6 rings (SSSR count). The van der Waals surface area contributed by atoms with Crippen LogP contribution in [0, 0.1) is 0 Å². The van der Waals surface area contributed by atoms with Crippen LogP contribution < -0.4 is 15.0 Å². The van der Waals surface area contributed by atoms with Crippen LogP contribution in [-0.4, -0.2) is 17.7 Å². The normalized spacial score (nSPS) is 15.7. The van der Waals surface area contributed by atoms with E-state index >= 15 is 0 Å². The van der Waals surface area contributed by atoms with Crippen molar-refractivity contribution >= 4 is 46.4 Å². The van der Waals surface area contributed by atoms with Crippen molar-refractivity contribution in [3.63, 3.8) is 0 Å². The number of anilines is 3. The molecule has 176 valence electrons. The number of carbonyl (C=O) groups excluding carboxylic acids is 2. The fraction of sp³-hybridized carbons (Fsp3) is 0.0667. The molecule has 1 unspecified atom stereocenters. The Morgan fingerprint density at radius 2 is 1.69 bits per heavy atom. The first-order chi connectivity index (χ1) is 17.6. The third-order valence-electron chi connectivity index (χ3n) is 6.37. The Balaban J connectivity index is 1.34. The van der Waals surface area contributed by atoms with Gasteiger partial charge in [0.15, 0.2) is 5.78 Å². The molecule has 1 heterocycles. The van der Waals surface area contributed by atoms with Crippen molar-refractivity contribution in [3.05, 3.63) is 124 Å². The zero-order chi connectivity index (χ0) is 24.6. The topological polar surface area (TPSA) is 58.6 Å². The molecule has 1 atom stereocenters. The number of nitrogens with zero attached hydrogens (tertiary/aromatic N) is 1. The molecule has 5 nitrogen and oxygen atoms in total. The molecule has 1 aliphatic heterocycles. The third kappa shape index (κ3) is 3.93. The molecule has 0 saturated carbocycles. The average molecular weight is 493 g/mol. The minimum absolute atomic E-state index is 0.106. The summed E-state index contributed by atoms with van der Waals surface area (Å²) in [7, 11) is 0. The molecule has 0 fully saturated rings. The summed E-state index contributed by atoms with van der Waals surface area (Å²) in [5, 5.41) is 3.84. The predicted octanol–water partition coefficient (Wildman–Crippen LogP) is 6.90. The molecule has 4 aromatic carbocycles. The fourth-order valence-electron chi connectivity index (χ4n) is 4.69. The van der Waals surface area contributed by atoms with E-state index in [2.05, 4.69) is 5.32 Å². The van der Waals surface area contributed by atoms with Gasteiger partial charge in [0.1, 0.15) is 18.4 Å². The SMILES string of the molecule is O=C1c2c3ccc(Nc4cccc(OCc5ccccc5)c4)c2C(=O)N(c2cccc(Cl)c2)C1C=C3. The number of carbonyl (C=O) groups is 2. The Bertz CT molecular complexity index is 1530. The average Bonchev–Trinajstić information content (AvgIpc) is 2.89. The predicted molar refractivity (Wildman–Crippen MR) is 142 cm³/mol. The number of benzene rings is 4. The fourth-order valence-corrected chi connectivity index (χ4v) is 4.88. The van der Waals surface area contributed by atoms with Gasteiger partial charge in [-0.3, -0.25) is 14.5 Å². The molecule has 2 aliphatic rings. The molecule has 1 aliphatic carbocycles. The Kier molecular flexibility index (Phi) is 5.55. The quantitative estimate of drug-likeness (QED) is 0.318. The number of hydrogen-bond acceptors (Lipinski definition) is 4. The van der Waals surface area contributed by atoms with E-state index in [0.29, 0.717) is 39.9 Å². The molecule has 36 heavy (non-hydrogen) atoms. The van der Waals surface area contributed by atoms with Crippen LogP contribution in [0.5, 0.6) is 5.75 Å². The Morgan fingerprint density at radius 1 is 0.861 bits per heavy atom. The lowest BCUT2D eigenvalue weighted by Gasteiger charge is -2.37. The van der Waals surface area contributed by atoms with Gasteiger partial charge in [0, 0.05) is 28.0 Å². The Hall–Kier alpha value is -4.35. The number of ketones is 1. The number of nitrogens with one attached hydrogen (secondary N) is 1. The van der Waals surface area contributed by atoms with Crippen LogP contribution in [0.3, 0.4) is 0 Å². The van der Waals surface area contributed by atoms with Crippen LogP contribution in [0.25, 0.3) is 6.08 Å². The van der Waals surface area contributed by atoms with Gasteiger partial charge >= 0.3 is 0 Å². The zero-order valence-electron chi connectivity index (χ0n) is 19.1. The van der Waals surface area contributed by atoms with Gasteiger partial charge in [-0.05, 0) is 47.5 Å². The number of amides is 1. The van der Waals surface area contributed by atoms with Gasteiger partial charge in [-0.2, -0.15) is 0 Å². The highest BCUT2D eigenvalue weighted by molar-refractivity contribution is 6.31. The second kappa shape index (κ2) is 9.02. The van der Waals surface area contributed by atoms with Gasteiger partial charge in [0.25, 0.3) is 5.91 Å². The number of rotatable bonds is 6. The van der Waals surface area contributed by atoms with Crippen LogP contribution in [0.15, 0.2) is 97.1 Å². The lowest BCUT2D eigenvalue weighted by atomic mass is 9.83. The molecular weight excluding hydrogens is 472 g/mol. The molecule has 0 saturated heterocycles. The highest BCUT2D eigenvalue weighted by atomic mass is 35.5. The van der Waals surface area contributed by atoms with Crippen molar-refractivity contribution in [3.8, 4) is 5.75 Å². The summed E-state index contributed by atoms with van der Waals surface area (Å²) in [6, 6.07) is 27.5. The summed E-state index contributed by atoms with van der Waals surface area (Å²) in [6.45, 7) is 0.448. The molecule has 1 N–H and O–H groups in total. The van der Waals surface area contributed by atoms with Crippen LogP contribution >= 0.6 is 11.6 Å². The first-order valence-electron chi connectivity index (χ1n) is 11.6. The summed E-state index contributed by atoms with van der Waals surface area (Å²) in [5.41, 5.74) is 4.52. The van der Waals surface area contributed by atoms with Crippen LogP contribution in [-0.2, 0) is 6.61 Å². The molecule has 0 aromatic heterocycles. The Labute approximate surface area is 213 Å². The smallest absolute Gasteiger partial charge is 0.262 e. The maximum Gasteiger partial charge on any atom is 0.262 e. The minimum Gasteiger partial charge on any atom is -0.489 e. The standard InChI is InChI=1S/C30H21ClN2O3/c31-21-8-4-10-23(16-21)33-26-15-13-20-12-14-25(28(30(33)35)27(20)29(26)34)32-22-9-5-11-24(17-22)36-18-19-6-2-1-3-7-19/h1-17,26,32H,18H2. The third-order valence-corrected chi connectivity index (χ3v) is 6.60. The van der Waals surface area contributed by atoms with Gasteiger partial charge in [0.2, 0.25) is 0 Å². The van der Waals surface area contributed by atoms with Crippen molar-refractivity contribution in [2.45, 2.75) is 12.6 Å². The summed E-state index contributed by atoms with van der Waals surface area (Å²) >= 11 is 6.20. The van der Waals surface area contributed by atoms with E-state index in [1.54, 1.807) is 30.3 Å². The monoisotopic (exact) mass is 492 g/mol. The van der Waals surface area contributed by atoms with Gasteiger partial charge in [-0.1, -0.05) is 72.3 Å². The molecule has 6 heteroatoms. The van der Waals surface area contributed by atoms with E-state index in [9.17, 15) is 9.59 Å². The molecule has 0 spiro atoms. The lowest BCUT2D eigenvalue weighted by molar-refractivity contribution is 0.0886. The maximum atomic E-state index is 13.8. The number of hydrogen-bond donors (Lipinski definition) is 1. The highest BCUT2D eigenvalue weighted by Crippen LogP contribution is 2.39. The Morgan fingerprint density at radius 3 is 2.53 bits per heavy atom. The molecule has 0 radical (unpaired) electrons. The van der Waals surface area contributed by atoms with E-state index < -0.39 is 6.04 Å². The summed E-state index contributed by atoms with van der Waals surface area (Å²) in [5.74, 6) is 0.342. The van der Waals surface area contributed by atoms with E-state index in [0.717, 1.165) is 16.8 Å². The van der Waals surface area contributed by atoms with Crippen molar-refractivity contribution < 1.29 is 14.3 Å². The van der Waals surface area contributed by atoms with Crippen molar-refractivity contribution in [1.82, 2.24) is 0 Å². The van der Waals surface area contributed by atoms with Gasteiger partial charge in [-0.25, -0.2) is 0 Å². The summed E-state index contributed by atoms with van der Waals surface area (Å²) in [4.78, 5) is 28.8. The number of ether oxygens (including phenoxy) is 1. The van der Waals surface area contributed by atoms with Gasteiger partial charge in [0.05, 0.1) is 11.3 Å². The van der Waals surface area contributed by atoms with E-state index in [1.165, 1.54) is 4.90 Å². The first kappa shape index (κ1) is 22.1. The van der Waals surface area contributed by atoms with Gasteiger partial charge < -0.3 is 10.1 Å². The van der Waals surface area contributed by atoms with Crippen molar-refractivity contribution in [2.24, 2.45) is 0 Å². The summed E-state index contributed by atoms with van der Waals surface area (Å²) < 4.78 is 5.96. The number of Topliss-reactive ketones (excluding diaryl/α,β-unsaturated/α-hetero) is 1. The second-order valence-electron chi connectivity index (χ2n) is 8.70. The highest BCUT2D eigenvalue weighted by Gasteiger charge is 2.42. The van der Waals surface area contributed by atoms with Crippen LogP contribution in [0.4, 0.5) is 17.1 Å². The molecule has 2 bridgehead atoms. The van der Waals surface area contributed by atoms with Crippen molar-refractivity contribution in [1.29, 1.82) is 0 Å². The lowest BCUT2D eigenvalue weighted by Crippen LogP contribution is -2.50. The first-order valence-corrected chi connectivity index (χ1v) is 12.0. The van der Waals surface area contributed by atoms with E-state index in [4.69, 9.17) is 16.3 Å². The zero-order valence-corrected chi connectivity index (χ0v) is 19.9. The molecule has 4 aromatic rings. The number of fused-ring (bicyclic) bond motifs is 1. The number of halogens is 1. The van der Waals surface area contributed by atoms with E-state index in [1.807, 2.05) is 72.8 Å².